The number of amides is 1. The van der Waals surface area contributed by atoms with E-state index in [0.29, 0.717) is 4.90 Å². The SMILES string of the molecule is C=C(C)C1COc2c(cn(C)c2C(=O)Nc2ccc(F)c(C#N)c2)S(=O)N1. The van der Waals surface area contributed by atoms with Crippen molar-refractivity contribution in [1.82, 2.24) is 9.29 Å². The number of fused-ring (bicyclic) bond motifs is 1. The van der Waals surface area contributed by atoms with Gasteiger partial charge < -0.3 is 14.6 Å². The van der Waals surface area contributed by atoms with Crippen molar-refractivity contribution in [3.8, 4) is 11.8 Å². The number of nitrogens with zero attached hydrogens (tertiary/aromatic N) is 2. The Balaban J connectivity index is 1.92. The van der Waals surface area contributed by atoms with E-state index in [1.807, 2.05) is 0 Å². The van der Waals surface area contributed by atoms with Gasteiger partial charge in [-0.1, -0.05) is 12.2 Å². The molecule has 27 heavy (non-hydrogen) atoms. The molecular formula is C18H17FN4O3S. The summed E-state index contributed by atoms with van der Waals surface area (Å²) >= 11 is 0. The van der Waals surface area contributed by atoms with E-state index in [1.54, 1.807) is 26.2 Å². The van der Waals surface area contributed by atoms with Crippen LogP contribution in [-0.2, 0) is 18.0 Å². The van der Waals surface area contributed by atoms with Crippen LogP contribution < -0.4 is 14.8 Å². The standard InChI is InChI=1S/C18H17FN4O3S/c1-10(2)14-9-26-17-15(27(25)22-14)8-23(3)16(17)18(24)21-12-4-5-13(19)11(6-12)7-20/h4-6,8,14,22H,1,9H2,2-3H3,(H,21,24). The molecule has 1 aliphatic rings. The third-order valence-electron chi connectivity index (χ3n) is 4.10. The predicted molar refractivity (Wildman–Crippen MR) is 98.1 cm³/mol. The molecule has 0 saturated carbocycles. The molecule has 2 unspecified atom stereocenters. The average molecular weight is 388 g/mol. The van der Waals surface area contributed by atoms with Gasteiger partial charge in [0.1, 0.15) is 34.4 Å². The number of benzene rings is 1. The lowest BCUT2D eigenvalue weighted by Crippen LogP contribution is -2.34. The largest absolute Gasteiger partial charge is 0.488 e. The molecule has 1 aliphatic heterocycles. The lowest BCUT2D eigenvalue weighted by molar-refractivity contribution is 0.101. The summed E-state index contributed by atoms with van der Waals surface area (Å²) in [5, 5.41) is 11.5. The average Bonchev–Trinajstić information content (AvgIpc) is 2.87. The summed E-state index contributed by atoms with van der Waals surface area (Å²) in [4.78, 5) is 13.1. The van der Waals surface area contributed by atoms with Gasteiger partial charge in [0.05, 0.1) is 11.6 Å². The lowest BCUT2D eigenvalue weighted by atomic mass is 10.2. The molecule has 0 saturated heterocycles. The number of rotatable bonds is 3. The van der Waals surface area contributed by atoms with Crippen LogP contribution in [-0.4, -0.2) is 27.3 Å². The molecule has 0 fully saturated rings. The zero-order valence-electron chi connectivity index (χ0n) is 14.7. The van der Waals surface area contributed by atoms with Crippen molar-refractivity contribution in [3.05, 3.63) is 53.6 Å². The van der Waals surface area contributed by atoms with Crippen LogP contribution in [0.1, 0.15) is 23.0 Å². The lowest BCUT2D eigenvalue weighted by Gasteiger charge is -2.15. The van der Waals surface area contributed by atoms with Crippen molar-refractivity contribution in [3.63, 3.8) is 0 Å². The molecule has 2 atom stereocenters. The maximum atomic E-state index is 13.5. The number of aromatic nitrogens is 1. The molecule has 140 valence electrons. The van der Waals surface area contributed by atoms with Crippen molar-refractivity contribution >= 4 is 22.6 Å². The number of anilines is 1. The van der Waals surface area contributed by atoms with Crippen molar-refractivity contribution < 1.29 is 18.1 Å². The Morgan fingerprint density at radius 2 is 2.30 bits per heavy atom. The fraction of sp³-hybridized carbons (Fsp3) is 0.222. The number of hydrogen-bond donors (Lipinski definition) is 2. The van der Waals surface area contributed by atoms with E-state index >= 15 is 0 Å². The third-order valence-corrected chi connectivity index (χ3v) is 5.29. The van der Waals surface area contributed by atoms with Gasteiger partial charge in [-0.25, -0.2) is 13.3 Å². The van der Waals surface area contributed by atoms with E-state index in [2.05, 4.69) is 16.6 Å². The van der Waals surface area contributed by atoms with E-state index in [0.717, 1.165) is 11.6 Å². The number of aryl methyl sites for hydroxylation is 1. The van der Waals surface area contributed by atoms with E-state index in [1.165, 1.54) is 16.7 Å². The van der Waals surface area contributed by atoms with E-state index in [-0.39, 0.29) is 35.3 Å². The Labute approximate surface area is 158 Å². The molecule has 0 radical (unpaired) electrons. The van der Waals surface area contributed by atoms with E-state index < -0.39 is 22.7 Å². The van der Waals surface area contributed by atoms with Gasteiger partial charge in [-0.2, -0.15) is 5.26 Å². The van der Waals surface area contributed by atoms with Gasteiger partial charge in [-0.05, 0) is 25.1 Å². The number of nitrogens with one attached hydrogen (secondary N) is 2. The number of hydrogen-bond acceptors (Lipinski definition) is 4. The predicted octanol–water partition coefficient (Wildman–Crippen LogP) is 2.24. The molecule has 0 aliphatic carbocycles. The fourth-order valence-electron chi connectivity index (χ4n) is 2.63. The van der Waals surface area contributed by atoms with Crippen LogP contribution in [0.3, 0.4) is 0 Å². The third kappa shape index (κ3) is 3.63. The minimum atomic E-state index is -1.57. The first-order valence-corrected chi connectivity index (χ1v) is 9.13. The summed E-state index contributed by atoms with van der Waals surface area (Å²) in [6.45, 7) is 5.81. The monoisotopic (exact) mass is 388 g/mol. The molecule has 2 aromatic rings. The quantitative estimate of drug-likeness (QED) is 0.788. The molecule has 0 bridgehead atoms. The number of carbonyl (C=O) groups excluding carboxylic acids is 1. The van der Waals surface area contributed by atoms with Gasteiger partial charge in [0.25, 0.3) is 5.91 Å². The van der Waals surface area contributed by atoms with Crippen molar-refractivity contribution in [1.29, 1.82) is 5.26 Å². The summed E-state index contributed by atoms with van der Waals surface area (Å²) in [6.07, 6.45) is 1.56. The normalized spacial score (nSPS) is 18.6. The minimum Gasteiger partial charge on any atom is -0.488 e. The minimum absolute atomic E-state index is 0.172. The fourth-order valence-corrected chi connectivity index (χ4v) is 3.86. The molecule has 7 nitrogen and oxygen atoms in total. The Morgan fingerprint density at radius 1 is 1.56 bits per heavy atom. The molecular weight excluding hydrogens is 371 g/mol. The van der Waals surface area contributed by atoms with Crippen molar-refractivity contribution in [2.45, 2.75) is 17.9 Å². The second-order valence-electron chi connectivity index (χ2n) is 6.14. The van der Waals surface area contributed by atoms with Crippen LogP contribution in [0.2, 0.25) is 0 Å². The Bertz CT molecular complexity index is 1010. The molecule has 1 amide bonds. The number of halogens is 1. The molecule has 2 heterocycles. The first-order chi connectivity index (χ1) is 12.8. The summed E-state index contributed by atoms with van der Waals surface area (Å²) in [7, 11) is 0.0575. The highest BCUT2D eigenvalue weighted by Crippen LogP contribution is 2.31. The molecule has 2 N–H and O–H groups in total. The zero-order chi connectivity index (χ0) is 19.7. The molecule has 0 spiro atoms. The van der Waals surface area contributed by atoms with Crippen LogP contribution in [0.5, 0.6) is 5.75 Å². The maximum absolute atomic E-state index is 13.5. The molecule has 3 rings (SSSR count). The first kappa shape index (κ1) is 18.8. The number of nitriles is 1. The second-order valence-corrected chi connectivity index (χ2v) is 7.35. The van der Waals surface area contributed by atoms with Gasteiger partial charge in [0, 0.05) is 18.9 Å². The highest BCUT2D eigenvalue weighted by atomic mass is 32.2. The summed E-state index contributed by atoms with van der Waals surface area (Å²) in [5.74, 6) is -0.980. The molecule has 1 aromatic carbocycles. The first-order valence-electron chi connectivity index (χ1n) is 7.98. The molecule has 9 heteroatoms. The Hall–Kier alpha value is -2.96. The van der Waals surface area contributed by atoms with Crippen LogP contribution in [0.4, 0.5) is 10.1 Å². The summed E-state index contributed by atoms with van der Waals surface area (Å²) in [6, 6.07) is 5.11. The van der Waals surface area contributed by atoms with Crippen LogP contribution in [0, 0.1) is 17.1 Å². The second kappa shape index (κ2) is 7.34. The molecule has 1 aromatic heterocycles. The van der Waals surface area contributed by atoms with E-state index in [9.17, 15) is 13.4 Å². The highest BCUT2D eigenvalue weighted by molar-refractivity contribution is 7.83. The van der Waals surface area contributed by atoms with Gasteiger partial charge in [0.2, 0.25) is 0 Å². The Kier molecular flexibility index (Phi) is 5.12. The summed E-state index contributed by atoms with van der Waals surface area (Å²) in [5.41, 5.74) is 1.02. The Morgan fingerprint density at radius 3 is 2.96 bits per heavy atom. The van der Waals surface area contributed by atoms with Crippen molar-refractivity contribution in [2.24, 2.45) is 7.05 Å². The van der Waals surface area contributed by atoms with Gasteiger partial charge in [-0.3, -0.25) is 4.79 Å². The van der Waals surface area contributed by atoms with Crippen LogP contribution in [0.25, 0.3) is 0 Å². The van der Waals surface area contributed by atoms with Crippen molar-refractivity contribution in [2.75, 3.05) is 11.9 Å². The van der Waals surface area contributed by atoms with Gasteiger partial charge in [-0.15, -0.1) is 0 Å². The topological polar surface area (TPSA) is 96.2 Å². The maximum Gasteiger partial charge on any atom is 0.276 e. The number of carbonyl (C=O) groups is 1. The van der Waals surface area contributed by atoms with Gasteiger partial charge in [0.15, 0.2) is 11.4 Å². The van der Waals surface area contributed by atoms with E-state index in [4.69, 9.17) is 10.00 Å². The smallest absolute Gasteiger partial charge is 0.276 e. The zero-order valence-corrected chi connectivity index (χ0v) is 15.5. The van der Waals surface area contributed by atoms with Gasteiger partial charge >= 0.3 is 0 Å². The summed E-state index contributed by atoms with van der Waals surface area (Å²) < 4.78 is 36.2. The van der Waals surface area contributed by atoms with Crippen LogP contribution in [0.15, 0.2) is 41.4 Å². The number of ether oxygens (including phenoxy) is 1. The van der Waals surface area contributed by atoms with Crippen LogP contribution >= 0.6 is 0 Å². The highest BCUT2D eigenvalue weighted by Gasteiger charge is 2.30.